The van der Waals surface area contributed by atoms with Crippen LogP contribution >= 0.6 is 0 Å². The van der Waals surface area contributed by atoms with Gasteiger partial charge in [-0.3, -0.25) is 9.59 Å². The highest BCUT2D eigenvalue weighted by Crippen LogP contribution is 2.61. The van der Waals surface area contributed by atoms with Gasteiger partial charge in [0.15, 0.2) is 0 Å². The van der Waals surface area contributed by atoms with Crippen LogP contribution in [-0.2, 0) is 9.59 Å². The van der Waals surface area contributed by atoms with Crippen molar-refractivity contribution in [2.45, 2.75) is 64.3 Å². The molecule has 5 fully saturated rings. The van der Waals surface area contributed by atoms with Crippen molar-refractivity contribution in [2.75, 3.05) is 19.6 Å². The Bertz CT molecular complexity index is 498. The van der Waals surface area contributed by atoms with E-state index < -0.39 is 0 Å². The van der Waals surface area contributed by atoms with Crippen molar-refractivity contribution in [2.24, 2.45) is 29.1 Å². The molecule has 2 unspecified atom stereocenters. The summed E-state index contributed by atoms with van der Waals surface area (Å²) in [4.78, 5) is 24.7. The van der Waals surface area contributed by atoms with Gasteiger partial charge in [0.2, 0.25) is 11.8 Å². The van der Waals surface area contributed by atoms with E-state index >= 15 is 0 Å². The summed E-state index contributed by atoms with van der Waals surface area (Å²) in [6.45, 7) is 4.15. The van der Waals surface area contributed by atoms with Crippen LogP contribution in [0, 0.1) is 29.1 Å². The van der Waals surface area contributed by atoms with Crippen LogP contribution in [0.25, 0.3) is 0 Å². The molecule has 1 heterocycles. The highest BCUT2D eigenvalue weighted by atomic mass is 16.2. The zero-order chi connectivity index (χ0) is 17.4. The molecule has 1 saturated heterocycles. The summed E-state index contributed by atoms with van der Waals surface area (Å²) >= 11 is 0. The second kappa shape index (κ2) is 6.90. The van der Waals surface area contributed by atoms with Crippen LogP contribution in [0.1, 0.15) is 58.3 Å². The van der Waals surface area contributed by atoms with Gasteiger partial charge in [-0.1, -0.05) is 6.92 Å². The Morgan fingerprint density at radius 2 is 1.68 bits per heavy atom. The maximum atomic E-state index is 12.5. The Labute approximate surface area is 151 Å². The van der Waals surface area contributed by atoms with Gasteiger partial charge < -0.3 is 16.0 Å². The first-order valence-corrected chi connectivity index (χ1v) is 10.3. The molecule has 2 atom stereocenters. The van der Waals surface area contributed by atoms with E-state index in [4.69, 9.17) is 0 Å². The first kappa shape index (κ1) is 17.3. The van der Waals surface area contributed by atoms with Crippen LogP contribution in [0.5, 0.6) is 0 Å². The molecule has 5 aliphatic rings. The Morgan fingerprint density at radius 1 is 1.04 bits per heavy atom. The quantitative estimate of drug-likeness (QED) is 0.710. The van der Waals surface area contributed by atoms with Crippen LogP contribution < -0.4 is 16.0 Å². The lowest BCUT2D eigenvalue weighted by atomic mass is 9.49. The summed E-state index contributed by atoms with van der Waals surface area (Å²) < 4.78 is 0. The fourth-order valence-corrected chi connectivity index (χ4v) is 6.53. The minimum atomic E-state index is -0.0561. The number of hydrogen-bond donors (Lipinski definition) is 3. The SMILES string of the molecule is CC1CCNCC1NC(=O)CNC(=O)CC12CC3CC(CC(C3)C1)C2. The van der Waals surface area contributed by atoms with E-state index in [2.05, 4.69) is 22.9 Å². The van der Waals surface area contributed by atoms with E-state index in [0.29, 0.717) is 12.3 Å². The van der Waals surface area contributed by atoms with Crippen molar-refractivity contribution in [3.63, 3.8) is 0 Å². The zero-order valence-corrected chi connectivity index (χ0v) is 15.5. The first-order valence-electron chi connectivity index (χ1n) is 10.3. The van der Waals surface area contributed by atoms with E-state index in [0.717, 1.165) is 37.3 Å². The molecule has 5 heteroatoms. The summed E-state index contributed by atoms with van der Waals surface area (Å²) in [5.41, 5.74) is 0.247. The van der Waals surface area contributed by atoms with E-state index in [1.54, 1.807) is 0 Å². The highest BCUT2D eigenvalue weighted by Gasteiger charge is 2.51. The zero-order valence-electron chi connectivity index (χ0n) is 15.5. The van der Waals surface area contributed by atoms with Gasteiger partial charge in [0.1, 0.15) is 0 Å². The second-order valence-corrected chi connectivity index (χ2v) is 9.52. The Kier molecular flexibility index (Phi) is 4.78. The van der Waals surface area contributed by atoms with Crippen LogP contribution in [0.4, 0.5) is 0 Å². The molecule has 0 spiro atoms. The summed E-state index contributed by atoms with van der Waals surface area (Å²) in [6, 6.07) is 0.182. The number of hydrogen-bond acceptors (Lipinski definition) is 3. The summed E-state index contributed by atoms with van der Waals surface area (Å²) in [5.74, 6) is 3.10. The predicted molar refractivity (Wildman–Crippen MR) is 96.8 cm³/mol. The molecule has 5 nitrogen and oxygen atoms in total. The molecule has 0 aromatic heterocycles. The van der Waals surface area contributed by atoms with Gasteiger partial charge in [-0.05, 0) is 80.6 Å². The average molecular weight is 348 g/mol. The summed E-state index contributed by atoms with van der Waals surface area (Å²) in [5, 5.41) is 9.28. The number of rotatable bonds is 5. The molecular formula is C20H33N3O2. The highest BCUT2D eigenvalue weighted by molar-refractivity contribution is 5.85. The van der Waals surface area contributed by atoms with Gasteiger partial charge in [-0.25, -0.2) is 0 Å². The molecule has 4 bridgehead atoms. The van der Waals surface area contributed by atoms with Gasteiger partial charge in [0, 0.05) is 19.0 Å². The molecule has 3 N–H and O–H groups in total. The van der Waals surface area contributed by atoms with Crippen molar-refractivity contribution >= 4 is 11.8 Å². The molecule has 0 aromatic rings. The Hall–Kier alpha value is -1.10. The fraction of sp³-hybridized carbons (Fsp3) is 0.900. The van der Waals surface area contributed by atoms with Crippen LogP contribution in [0.3, 0.4) is 0 Å². The minimum Gasteiger partial charge on any atom is -0.350 e. The van der Waals surface area contributed by atoms with E-state index in [9.17, 15) is 9.59 Å². The minimum absolute atomic E-state index is 0.0561. The fourth-order valence-electron chi connectivity index (χ4n) is 6.53. The normalized spacial score (nSPS) is 42.2. The van der Waals surface area contributed by atoms with E-state index in [-0.39, 0.29) is 29.8 Å². The molecule has 140 valence electrons. The Morgan fingerprint density at radius 3 is 2.28 bits per heavy atom. The van der Waals surface area contributed by atoms with Gasteiger partial charge >= 0.3 is 0 Å². The molecule has 25 heavy (non-hydrogen) atoms. The van der Waals surface area contributed by atoms with Gasteiger partial charge in [-0.15, -0.1) is 0 Å². The average Bonchev–Trinajstić information content (AvgIpc) is 2.53. The lowest BCUT2D eigenvalue weighted by molar-refractivity contribution is -0.132. The lowest BCUT2D eigenvalue weighted by Crippen LogP contribution is -2.52. The number of piperidine rings is 1. The molecule has 2 amide bonds. The lowest BCUT2D eigenvalue weighted by Gasteiger charge is -2.56. The Balaban J connectivity index is 1.23. The molecule has 5 rings (SSSR count). The molecule has 4 saturated carbocycles. The number of nitrogens with one attached hydrogen (secondary N) is 3. The molecule has 0 aromatic carbocycles. The number of amides is 2. The van der Waals surface area contributed by atoms with Crippen LogP contribution in [0.2, 0.25) is 0 Å². The molecule has 0 radical (unpaired) electrons. The standard InChI is InChI=1S/C20H33N3O2/c1-13-2-3-21-11-17(13)23-19(25)12-22-18(24)10-20-7-14-4-15(8-20)6-16(5-14)9-20/h13-17,21H,2-12H2,1H3,(H,22,24)(H,23,25). The van der Waals surface area contributed by atoms with Crippen molar-refractivity contribution in [3.8, 4) is 0 Å². The van der Waals surface area contributed by atoms with Crippen molar-refractivity contribution in [1.82, 2.24) is 16.0 Å². The third kappa shape index (κ3) is 3.86. The van der Waals surface area contributed by atoms with Crippen molar-refractivity contribution < 1.29 is 9.59 Å². The van der Waals surface area contributed by atoms with E-state index in [1.807, 2.05) is 0 Å². The van der Waals surface area contributed by atoms with Crippen LogP contribution in [0.15, 0.2) is 0 Å². The van der Waals surface area contributed by atoms with Crippen molar-refractivity contribution in [3.05, 3.63) is 0 Å². The second-order valence-electron chi connectivity index (χ2n) is 9.52. The molecular weight excluding hydrogens is 314 g/mol. The molecule has 1 aliphatic heterocycles. The van der Waals surface area contributed by atoms with E-state index in [1.165, 1.54) is 38.5 Å². The maximum absolute atomic E-state index is 12.5. The third-order valence-corrected chi connectivity index (χ3v) is 7.32. The first-order chi connectivity index (χ1) is 12.0. The summed E-state index contributed by atoms with van der Waals surface area (Å²) in [7, 11) is 0. The summed E-state index contributed by atoms with van der Waals surface area (Å²) in [6.07, 6.45) is 9.64. The maximum Gasteiger partial charge on any atom is 0.239 e. The monoisotopic (exact) mass is 347 g/mol. The molecule has 4 aliphatic carbocycles. The number of carbonyl (C=O) groups is 2. The topological polar surface area (TPSA) is 70.2 Å². The number of carbonyl (C=O) groups excluding carboxylic acids is 2. The van der Waals surface area contributed by atoms with Gasteiger partial charge in [0.25, 0.3) is 0 Å². The van der Waals surface area contributed by atoms with Gasteiger partial charge in [-0.2, -0.15) is 0 Å². The van der Waals surface area contributed by atoms with Gasteiger partial charge in [0.05, 0.1) is 6.54 Å². The van der Waals surface area contributed by atoms with Crippen LogP contribution in [-0.4, -0.2) is 37.5 Å². The van der Waals surface area contributed by atoms with Crippen molar-refractivity contribution in [1.29, 1.82) is 0 Å². The third-order valence-electron chi connectivity index (χ3n) is 7.32. The predicted octanol–water partition coefficient (Wildman–Crippen LogP) is 1.82. The largest absolute Gasteiger partial charge is 0.350 e. The smallest absolute Gasteiger partial charge is 0.239 e.